The second-order valence-electron chi connectivity index (χ2n) is 4.10. The maximum atomic E-state index is 9.14. The van der Waals surface area contributed by atoms with Crippen molar-refractivity contribution in [1.82, 2.24) is 14.4 Å². The van der Waals surface area contributed by atoms with Crippen LogP contribution in [0.1, 0.15) is 5.69 Å². The Morgan fingerprint density at radius 2 is 2.11 bits per heavy atom. The van der Waals surface area contributed by atoms with Crippen molar-refractivity contribution in [3.05, 3.63) is 23.1 Å². The van der Waals surface area contributed by atoms with E-state index in [1.807, 2.05) is 10.5 Å². The van der Waals surface area contributed by atoms with Crippen molar-refractivity contribution in [1.29, 1.82) is 0 Å². The molecule has 1 aliphatic heterocycles. The van der Waals surface area contributed by atoms with Gasteiger partial charge in [-0.25, -0.2) is 9.97 Å². The number of aromatic nitrogens is 3. The smallest absolute Gasteiger partial charge is 0.237 e. The van der Waals surface area contributed by atoms with Gasteiger partial charge in [-0.05, 0) is 0 Å². The lowest BCUT2D eigenvalue weighted by atomic mass is 10.4. The number of aliphatic hydroxyl groups is 1. The molecule has 0 spiro atoms. The average Bonchev–Trinajstić information content (AvgIpc) is 2.81. The number of morpholine rings is 1. The molecule has 0 saturated carbocycles. The molecule has 1 aliphatic rings. The van der Waals surface area contributed by atoms with E-state index < -0.39 is 0 Å². The van der Waals surface area contributed by atoms with Crippen LogP contribution in [0.3, 0.4) is 0 Å². The van der Waals surface area contributed by atoms with E-state index in [0.717, 1.165) is 18.9 Å². The van der Waals surface area contributed by atoms with Gasteiger partial charge in [0, 0.05) is 25.4 Å². The standard InChI is InChI=1S/C11H13ClN4O2/c12-9-5-10(15-1-3-18-4-2-15)16-6-8(7-17)13-11(16)14-9/h5-6,17H,1-4,7H2. The SMILES string of the molecule is OCc1cn2c(N3CCOCC3)cc(Cl)nc2n1. The summed E-state index contributed by atoms with van der Waals surface area (Å²) < 4.78 is 7.18. The Labute approximate surface area is 109 Å². The Morgan fingerprint density at radius 1 is 1.33 bits per heavy atom. The number of ether oxygens (including phenoxy) is 1. The fourth-order valence-electron chi connectivity index (χ4n) is 2.08. The maximum Gasteiger partial charge on any atom is 0.237 e. The zero-order valence-corrected chi connectivity index (χ0v) is 10.5. The number of imidazole rings is 1. The van der Waals surface area contributed by atoms with Crippen molar-refractivity contribution in [2.75, 3.05) is 31.2 Å². The Kier molecular flexibility index (Phi) is 3.07. The van der Waals surface area contributed by atoms with E-state index in [0.29, 0.717) is 29.8 Å². The third kappa shape index (κ3) is 2.03. The Balaban J connectivity index is 2.10. The molecule has 3 rings (SSSR count). The molecule has 1 N–H and O–H groups in total. The summed E-state index contributed by atoms with van der Waals surface area (Å²) in [5.74, 6) is 1.44. The number of anilines is 1. The lowest BCUT2D eigenvalue weighted by molar-refractivity contribution is 0.122. The molecule has 1 fully saturated rings. The Hall–Kier alpha value is -1.37. The third-order valence-corrected chi connectivity index (χ3v) is 3.13. The quantitative estimate of drug-likeness (QED) is 0.813. The minimum absolute atomic E-state index is 0.108. The molecule has 0 bridgehead atoms. The first-order chi connectivity index (χ1) is 8.78. The normalized spacial score (nSPS) is 16.4. The monoisotopic (exact) mass is 268 g/mol. The fourth-order valence-corrected chi connectivity index (χ4v) is 2.25. The third-order valence-electron chi connectivity index (χ3n) is 2.94. The number of halogens is 1. The van der Waals surface area contributed by atoms with Crippen molar-refractivity contribution >= 4 is 23.2 Å². The lowest BCUT2D eigenvalue weighted by Gasteiger charge is -2.29. The molecule has 3 heterocycles. The lowest BCUT2D eigenvalue weighted by Crippen LogP contribution is -2.37. The van der Waals surface area contributed by atoms with Crippen molar-refractivity contribution in [2.24, 2.45) is 0 Å². The molecule has 2 aromatic heterocycles. The summed E-state index contributed by atoms with van der Waals surface area (Å²) in [6, 6.07) is 1.81. The molecule has 2 aromatic rings. The molecule has 0 aromatic carbocycles. The average molecular weight is 269 g/mol. The Morgan fingerprint density at radius 3 is 2.83 bits per heavy atom. The van der Waals surface area contributed by atoms with E-state index >= 15 is 0 Å². The predicted octanol–water partition coefficient (Wildman–Crippen LogP) is 0.712. The molecule has 18 heavy (non-hydrogen) atoms. The van der Waals surface area contributed by atoms with Crippen molar-refractivity contribution in [3.63, 3.8) is 0 Å². The number of rotatable bonds is 2. The largest absolute Gasteiger partial charge is 0.390 e. The van der Waals surface area contributed by atoms with E-state index in [1.165, 1.54) is 0 Å². The van der Waals surface area contributed by atoms with Gasteiger partial charge in [0.2, 0.25) is 5.78 Å². The fraction of sp³-hybridized carbons (Fsp3) is 0.455. The number of hydrogen-bond acceptors (Lipinski definition) is 5. The zero-order valence-electron chi connectivity index (χ0n) is 9.71. The van der Waals surface area contributed by atoms with E-state index in [9.17, 15) is 0 Å². The molecule has 0 atom stereocenters. The van der Waals surface area contributed by atoms with Crippen LogP contribution in [0.15, 0.2) is 12.3 Å². The van der Waals surface area contributed by atoms with E-state index in [1.54, 1.807) is 6.20 Å². The minimum Gasteiger partial charge on any atom is -0.390 e. The molecule has 6 nitrogen and oxygen atoms in total. The summed E-state index contributed by atoms with van der Waals surface area (Å²) >= 11 is 6.01. The van der Waals surface area contributed by atoms with Crippen LogP contribution in [0.4, 0.5) is 5.82 Å². The van der Waals surface area contributed by atoms with Crippen LogP contribution in [0.2, 0.25) is 5.15 Å². The topological polar surface area (TPSA) is 62.9 Å². The van der Waals surface area contributed by atoms with Crippen LogP contribution in [-0.2, 0) is 11.3 Å². The highest BCUT2D eigenvalue weighted by atomic mass is 35.5. The first kappa shape index (κ1) is 11.7. The molecule has 0 amide bonds. The van der Waals surface area contributed by atoms with Gasteiger partial charge in [-0.2, -0.15) is 0 Å². The zero-order chi connectivity index (χ0) is 12.5. The minimum atomic E-state index is -0.108. The molecular weight excluding hydrogens is 256 g/mol. The molecule has 0 radical (unpaired) electrons. The molecule has 96 valence electrons. The second-order valence-corrected chi connectivity index (χ2v) is 4.48. The maximum absolute atomic E-state index is 9.14. The van der Waals surface area contributed by atoms with E-state index in [2.05, 4.69) is 14.9 Å². The van der Waals surface area contributed by atoms with Gasteiger partial charge in [-0.3, -0.25) is 4.40 Å². The number of hydrogen-bond donors (Lipinski definition) is 1. The molecule has 0 aliphatic carbocycles. The molecular formula is C11H13ClN4O2. The van der Waals surface area contributed by atoms with Crippen LogP contribution in [0.5, 0.6) is 0 Å². The number of nitrogens with zero attached hydrogens (tertiary/aromatic N) is 4. The van der Waals surface area contributed by atoms with Gasteiger partial charge in [0.1, 0.15) is 11.0 Å². The highest BCUT2D eigenvalue weighted by molar-refractivity contribution is 6.29. The van der Waals surface area contributed by atoms with Crippen LogP contribution in [0, 0.1) is 0 Å². The number of aliphatic hydroxyl groups excluding tert-OH is 1. The van der Waals surface area contributed by atoms with E-state index in [4.69, 9.17) is 21.4 Å². The second kappa shape index (κ2) is 4.72. The predicted molar refractivity (Wildman–Crippen MR) is 67.0 cm³/mol. The van der Waals surface area contributed by atoms with Gasteiger partial charge in [-0.1, -0.05) is 11.6 Å². The summed E-state index contributed by atoms with van der Waals surface area (Å²) in [5, 5.41) is 9.54. The summed E-state index contributed by atoms with van der Waals surface area (Å²) in [6.45, 7) is 2.90. The van der Waals surface area contributed by atoms with Gasteiger partial charge in [0.15, 0.2) is 0 Å². The highest BCUT2D eigenvalue weighted by Gasteiger charge is 2.16. The van der Waals surface area contributed by atoms with Gasteiger partial charge in [0.05, 0.1) is 25.5 Å². The van der Waals surface area contributed by atoms with Crippen LogP contribution >= 0.6 is 11.6 Å². The van der Waals surface area contributed by atoms with E-state index in [-0.39, 0.29) is 6.61 Å². The van der Waals surface area contributed by atoms with Gasteiger partial charge in [0.25, 0.3) is 0 Å². The summed E-state index contributed by atoms with van der Waals surface area (Å²) in [4.78, 5) is 10.5. The van der Waals surface area contributed by atoms with Crippen LogP contribution in [0.25, 0.3) is 5.78 Å². The summed E-state index contributed by atoms with van der Waals surface area (Å²) in [6.07, 6.45) is 1.78. The van der Waals surface area contributed by atoms with Crippen molar-refractivity contribution in [3.8, 4) is 0 Å². The van der Waals surface area contributed by atoms with Crippen molar-refractivity contribution in [2.45, 2.75) is 6.61 Å². The molecule has 1 saturated heterocycles. The summed E-state index contributed by atoms with van der Waals surface area (Å²) in [5.41, 5.74) is 0.583. The van der Waals surface area contributed by atoms with Gasteiger partial charge < -0.3 is 14.7 Å². The molecule has 0 unspecified atom stereocenters. The van der Waals surface area contributed by atoms with Crippen molar-refractivity contribution < 1.29 is 9.84 Å². The van der Waals surface area contributed by atoms with Gasteiger partial charge in [-0.15, -0.1) is 0 Å². The summed E-state index contributed by atoms with van der Waals surface area (Å²) in [7, 11) is 0. The van der Waals surface area contributed by atoms with Gasteiger partial charge >= 0.3 is 0 Å². The highest BCUT2D eigenvalue weighted by Crippen LogP contribution is 2.21. The Bertz CT molecular complexity index is 565. The van der Waals surface area contributed by atoms with Crippen LogP contribution in [-0.4, -0.2) is 45.8 Å². The first-order valence-electron chi connectivity index (χ1n) is 5.76. The number of fused-ring (bicyclic) bond motifs is 1. The molecule has 7 heteroatoms. The van der Waals surface area contributed by atoms with Crippen LogP contribution < -0.4 is 4.90 Å². The first-order valence-corrected chi connectivity index (χ1v) is 6.14.